The number of esters is 1. The standard InChI is InChI=1S/C24H19ClN2O6/c1-15-6-8-16(9-7-15)13-26-22(28)14-33-24(30)19-5-3-2-4-18(19)23(29)17-10-11-20(25)21(12-17)27(31)32/h2-12H,13-14H2,1H3,(H,26,28). The smallest absolute Gasteiger partial charge is 0.339 e. The first-order chi connectivity index (χ1) is 15.8. The average molecular weight is 467 g/mol. The molecule has 0 atom stereocenters. The van der Waals surface area contributed by atoms with Crippen molar-refractivity contribution < 1.29 is 24.0 Å². The first-order valence-corrected chi connectivity index (χ1v) is 10.2. The minimum Gasteiger partial charge on any atom is -0.452 e. The number of nitro groups is 1. The summed E-state index contributed by atoms with van der Waals surface area (Å²) in [6, 6.07) is 17.1. The number of aryl methyl sites for hydroxylation is 1. The third-order valence-corrected chi connectivity index (χ3v) is 5.06. The second-order valence-corrected chi connectivity index (χ2v) is 7.54. The Morgan fingerprint density at radius 1 is 1.00 bits per heavy atom. The molecule has 33 heavy (non-hydrogen) atoms. The van der Waals surface area contributed by atoms with Crippen molar-refractivity contribution in [2.75, 3.05) is 6.61 Å². The fraction of sp³-hybridized carbons (Fsp3) is 0.125. The highest BCUT2D eigenvalue weighted by molar-refractivity contribution is 6.33. The van der Waals surface area contributed by atoms with Crippen LogP contribution in [0, 0.1) is 17.0 Å². The molecule has 0 aliphatic heterocycles. The Morgan fingerprint density at radius 2 is 1.67 bits per heavy atom. The van der Waals surface area contributed by atoms with Crippen LogP contribution in [0.1, 0.15) is 37.4 Å². The van der Waals surface area contributed by atoms with E-state index in [1.807, 2.05) is 31.2 Å². The fourth-order valence-electron chi connectivity index (χ4n) is 2.97. The summed E-state index contributed by atoms with van der Waals surface area (Å²) >= 11 is 5.80. The first kappa shape index (κ1) is 23.6. The Balaban J connectivity index is 1.68. The van der Waals surface area contributed by atoms with Gasteiger partial charge in [0.2, 0.25) is 0 Å². The van der Waals surface area contributed by atoms with Crippen LogP contribution in [0.25, 0.3) is 0 Å². The molecule has 0 aliphatic rings. The number of nitro benzene ring substituents is 1. The van der Waals surface area contributed by atoms with Gasteiger partial charge in [0.05, 0.1) is 10.5 Å². The van der Waals surface area contributed by atoms with E-state index >= 15 is 0 Å². The summed E-state index contributed by atoms with van der Waals surface area (Å²) in [7, 11) is 0. The summed E-state index contributed by atoms with van der Waals surface area (Å²) in [6.45, 7) is 1.71. The van der Waals surface area contributed by atoms with E-state index < -0.39 is 34.9 Å². The van der Waals surface area contributed by atoms with Gasteiger partial charge in [0, 0.05) is 23.7 Å². The zero-order valence-corrected chi connectivity index (χ0v) is 18.3. The second-order valence-electron chi connectivity index (χ2n) is 7.14. The molecule has 0 spiro atoms. The second kappa shape index (κ2) is 10.5. The Morgan fingerprint density at radius 3 is 2.33 bits per heavy atom. The van der Waals surface area contributed by atoms with Gasteiger partial charge in [-0.3, -0.25) is 19.7 Å². The molecule has 0 unspecified atom stereocenters. The average Bonchev–Trinajstić information content (AvgIpc) is 2.81. The molecule has 1 amide bonds. The van der Waals surface area contributed by atoms with Crippen LogP contribution in [-0.4, -0.2) is 29.2 Å². The van der Waals surface area contributed by atoms with Crippen LogP contribution >= 0.6 is 11.6 Å². The first-order valence-electron chi connectivity index (χ1n) is 9.83. The summed E-state index contributed by atoms with van der Waals surface area (Å²) in [5.74, 6) is -1.99. The Hall–Kier alpha value is -4.04. The molecule has 0 heterocycles. The highest BCUT2D eigenvalue weighted by Crippen LogP contribution is 2.27. The molecule has 0 saturated heterocycles. The summed E-state index contributed by atoms with van der Waals surface area (Å²) in [5.41, 5.74) is 1.48. The van der Waals surface area contributed by atoms with Crippen LogP contribution < -0.4 is 5.32 Å². The normalized spacial score (nSPS) is 10.4. The quantitative estimate of drug-likeness (QED) is 0.229. The van der Waals surface area contributed by atoms with Gasteiger partial charge >= 0.3 is 5.97 Å². The molecule has 0 aliphatic carbocycles. The van der Waals surface area contributed by atoms with Crippen molar-refractivity contribution in [2.24, 2.45) is 0 Å². The van der Waals surface area contributed by atoms with Gasteiger partial charge in [-0.05, 0) is 30.7 Å². The van der Waals surface area contributed by atoms with Crippen molar-refractivity contribution in [3.05, 3.63) is 110 Å². The van der Waals surface area contributed by atoms with Crippen molar-refractivity contribution in [3.63, 3.8) is 0 Å². The zero-order valence-electron chi connectivity index (χ0n) is 17.5. The minimum absolute atomic E-state index is 0.0119. The number of halogens is 1. The predicted molar refractivity (Wildman–Crippen MR) is 121 cm³/mol. The molecule has 8 nitrogen and oxygen atoms in total. The van der Waals surface area contributed by atoms with Crippen molar-refractivity contribution in [2.45, 2.75) is 13.5 Å². The van der Waals surface area contributed by atoms with Crippen LogP contribution in [0.4, 0.5) is 5.69 Å². The molecule has 168 valence electrons. The maximum atomic E-state index is 12.9. The number of ether oxygens (including phenoxy) is 1. The summed E-state index contributed by atoms with van der Waals surface area (Å²) in [6.07, 6.45) is 0. The molecule has 9 heteroatoms. The molecule has 3 aromatic carbocycles. The number of benzene rings is 3. The minimum atomic E-state index is -0.868. The monoisotopic (exact) mass is 466 g/mol. The molecule has 0 bridgehead atoms. The third kappa shape index (κ3) is 6.02. The van der Waals surface area contributed by atoms with E-state index in [0.29, 0.717) is 0 Å². The molecule has 0 radical (unpaired) electrons. The van der Waals surface area contributed by atoms with Crippen molar-refractivity contribution in [3.8, 4) is 0 Å². The molecule has 1 N–H and O–H groups in total. The van der Waals surface area contributed by atoms with Gasteiger partial charge in [-0.15, -0.1) is 0 Å². The van der Waals surface area contributed by atoms with Crippen LogP contribution in [0.15, 0.2) is 66.7 Å². The van der Waals surface area contributed by atoms with Crippen LogP contribution in [0.2, 0.25) is 5.02 Å². The SMILES string of the molecule is Cc1ccc(CNC(=O)COC(=O)c2ccccc2C(=O)c2ccc(Cl)c([N+](=O)[O-])c2)cc1. The number of ketones is 1. The number of carbonyl (C=O) groups is 3. The number of amides is 1. The maximum Gasteiger partial charge on any atom is 0.339 e. The van der Waals surface area contributed by atoms with Gasteiger partial charge in [-0.2, -0.15) is 0 Å². The van der Waals surface area contributed by atoms with Crippen LogP contribution in [0.3, 0.4) is 0 Å². The number of carbonyl (C=O) groups excluding carboxylic acids is 3. The van der Waals surface area contributed by atoms with Gasteiger partial charge in [-0.1, -0.05) is 59.6 Å². The molecule has 0 aromatic heterocycles. The van der Waals surface area contributed by atoms with E-state index in [2.05, 4.69) is 5.32 Å². The largest absolute Gasteiger partial charge is 0.452 e. The topological polar surface area (TPSA) is 116 Å². The lowest BCUT2D eigenvalue weighted by molar-refractivity contribution is -0.384. The summed E-state index contributed by atoms with van der Waals surface area (Å²) in [5, 5.41) is 13.7. The number of nitrogens with zero attached hydrogens (tertiary/aromatic N) is 1. The molecule has 0 fully saturated rings. The molecular formula is C24H19ClN2O6. The zero-order chi connectivity index (χ0) is 24.0. The summed E-state index contributed by atoms with van der Waals surface area (Å²) in [4.78, 5) is 48.0. The van der Waals surface area contributed by atoms with Crippen LogP contribution in [0.5, 0.6) is 0 Å². The highest BCUT2D eigenvalue weighted by Gasteiger charge is 2.22. The number of nitrogens with one attached hydrogen (secondary N) is 1. The van der Waals surface area contributed by atoms with E-state index in [1.54, 1.807) is 6.07 Å². The lowest BCUT2D eigenvalue weighted by Gasteiger charge is -2.10. The summed E-state index contributed by atoms with van der Waals surface area (Å²) < 4.78 is 5.07. The maximum absolute atomic E-state index is 12.9. The van der Waals surface area contributed by atoms with Crippen molar-refractivity contribution in [1.29, 1.82) is 0 Å². The van der Waals surface area contributed by atoms with Crippen molar-refractivity contribution in [1.82, 2.24) is 5.32 Å². The van der Waals surface area contributed by atoms with Gasteiger partial charge in [0.25, 0.3) is 11.6 Å². The third-order valence-electron chi connectivity index (χ3n) is 4.74. The molecule has 0 saturated carbocycles. The Kier molecular flexibility index (Phi) is 7.53. The molecule has 3 aromatic rings. The molecular weight excluding hydrogens is 448 g/mol. The van der Waals surface area contributed by atoms with Crippen molar-refractivity contribution >= 4 is 34.9 Å². The van der Waals surface area contributed by atoms with E-state index in [9.17, 15) is 24.5 Å². The van der Waals surface area contributed by atoms with E-state index in [1.165, 1.54) is 30.3 Å². The van der Waals surface area contributed by atoms with Gasteiger partial charge < -0.3 is 10.1 Å². The van der Waals surface area contributed by atoms with E-state index in [4.69, 9.17) is 16.3 Å². The fourth-order valence-corrected chi connectivity index (χ4v) is 3.16. The van der Waals surface area contributed by atoms with E-state index in [0.717, 1.165) is 17.2 Å². The Bertz CT molecular complexity index is 1220. The lowest BCUT2D eigenvalue weighted by Crippen LogP contribution is -2.28. The van der Waals surface area contributed by atoms with Gasteiger partial charge in [0.15, 0.2) is 12.4 Å². The van der Waals surface area contributed by atoms with Gasteiger partial charge in [0.1, 0.15) is 5.02 Å². The highest BCUT2D eigenvalue weighted by atomic mass is 35.5. The number of rotatable bonds is 8. The number of hydrogen-bond donors (Lipinski definition) is 1. The Labute approximate surface area is 194 Å². The van der Waals surface area contributed by atoms with E-state index in [-0.39, 0.29) is 28.3 Å². The lowest BCUT2D eigenvalue weighted by atomic mass is 9.98. The van der Waals surface area contributed by atoms with Gasteiger partial charge in [-0.25, -0.2) is 4.79 Å². The molecule has 3 rings (SSSR count). The van der Waals surface area contributed by atoms with Crippen LogP contribution in [-0.2, 0) is 16.1 Å². The number of hydrogen-bond acceptors (Lipinski definition) is 6. The predicted octanol–water partition coefficient (Wildman–Crippen LogP) is 4.26.